The van der Waals surface area contributed by atoms with Crippen LogP contribution >= 0.6 is 0 Å². The Morgan fingerprint density at radius 2 is 1.04 bits per heavy atom. The summed E-state index contributed by atoms with van der Waals surface area (Å²) in [7, 11) is 0. The predicted molar refractivity (Wildman–Crippen MR) is 78.6 cm³/mol. The Balaban J connectivity index is -0.000000145. The number of pyridine rings is 2. The number of rotatable bonds is 2. The zero-order chi connectivity index (χ0) is 17.1. The first kappa shape index (κ1) is 30.0. The van der Waals surface area contributed by atoms with E-state index in [0.717, 1.165) is 17.4 Å². The van der Waals surface area contributed by atoms with E-state index in [1.807, 2.05) is 0 Å². The minimum atomic E-state index is -1.22. The van der Waals surface area contributed by atoms with E-state index in [-0.39, 0.29) is 39.3 Å². The van der Waals surface area contributed by atoms with Gasteiger partial charge in [-0.05, 0) is 24.3 Å². The third-order valence-corrected chi connectivity index (χ3v) is 1.98. The van der Waals surface area contributed by atoms with Crippen LogP contribution in [0.5, 0.6) is 11.5 Å². The van der Waals surface area contributed by atoms with Gasteiger partial charge in [0.2, 0.25) is 0 Å². The fourth-order valence-corrected chi connectivity index (χ4v) is 1.12. The van der Waals surface area contributed by atoms with Crippen molar-refractivity contribution >= 4 is 11.9 Å². The number of hydrogen-bond acceptors (Lipinski definition) is 7. The van der Waals surface area contributed by atoms with Crippen molar-refractivity contribution in [2.75, 3.05) is 0 Å². The number of nitrogens with zero attached hydrogens (tertiary/aromatic N) is 2. The van der Waals surface area contributed by atoms with Gasteiger partial charge in [0.1, 0.15) is 11.5 Å². The predicted octanol–water partition coefficient (Wildman–Crippen LogP) is -1.89. The summed E-state index contributed by atoms with van der Waals surface area (Å²) in [5.41, 5.74) is -0.634. The molecule has 0 bridgehead atoms. The SMILES string of the molecule is O.O.O.O=C(O)c1ncccc1O.O=C(O)c1ncccc1O.[O]=[VH]. The van der Waals surface area contributed by atoms with Crippen LogP contribution in [0, 0.1) is 0 Å². The Bertz CT molecular complexity index is 600. The normalized spacial score (nSPS) is 7.52. The third kappa shape index (κ3) is 10.5. The van der Waals surface area contributed by atoms with Crippen LogP contribution in [0.2, 0.25) is 0 Å². The first-order valence-corrected chi connectivity index (χ1v) is 6.02. The van der Waals surface area contributed by atoms with Crippen LogP contribution in [0.25, 0.3) is 0 Å². The maximum absolute atomic E-state index is 10.2. The van der Waals surface area contributed by atoms with Crippen molar-refractivity contribution in [1.82, 2.24) is 9.97 Å². The van der Waals surface area contributed by atoms with Crippen LogP contribution in [0.4, 0.5) is 0 Å². The molecule has 13 heteroatoms. The summed E-state index contributed by atoms with van der Waals surface area (Å²) in [5.74, 6) is -3.07. The molecule has 10 N–H and O–H groups in total. The van der Waals surface area contributed by atoms with Gasteiger partial charge < -0.3 is 36.9 Å². The molecule has 0 saturated heterocycles. The van der Waals surface area contributed by atoms with Gasteiger partial charge in [0.25, 0.3) is 0 Å². The van der Waals surface area contributed by atoms with Crippen molar-refractivity contribution in [1.29, 1.82) is 0 Å². The van der Waals surface area contributed by atoms with Gasteiger partial charge in [-0.2, -0.15) is 0 Å². The van der Waals surface area contributed by atoms with Gasteiger partial charge in [-0.25, -0.2) is 19.6 Å². The van der Waals surface area contributed by atoms with Crippen molar-refractivity contribution in [3.05, 3.63) is 48.0 Å². The van der Waals surface area contributed by atoms with Gasteiger partial charge in [0, 0.05) is 12.4 Å². The summed E-state index contributed by atoms with van der Waals surface area (Å²) in [6.07, 6.45) is 2.62. The fraction of sp³-hybridized carbons (Fsp3) is 0. The molecule has 2 heterocycles. The molecule has 12 nitrogen and oxygen atoms in total. The van der Waals surface area contributed by atoms with Gasteiger partial charge in [-0.3, -0.25) is 0 Å². The molecule has 2 aromatic heterocycles. The summed E-state index contributed by atoms with van der Waals surface area (Å²) in [6.45, 7) is 0. The number of carbonyl (C=O) groups is 2. The average molecular weight is 400 g/mol. The van der Waals surface area contributed by atoms with Crippen molar-refractivity contribution < 1.29 is 67.5 Å². The van der Waals surface area contributed by atoms with Crippen molar-refractivity contribution in [2.24, 2.45) is 0 Å². The Labute approximate surface area is 149 Å². The molecule has 140 valence electrons. The number of aromatic carboxylic acids is 2. The molecule has 0 radical (unpaired) electrons. The second kappa shape index (κ2) is 16.0. The number of hydrogen-bond donors (Lipinski definition) is 4. The molecule has 0 aliphatic carbocycles. The monoisotopic (exact) mass is 400 g/mol. The molecule has 0 aromatic carbocycles. The summed E-state index contributed by atoms with van der Waals surface area (Å²) in [6, 6.07) is 5.47. The third-order valence-electron chi connectivity index (χ3n) is 1.98. The molecular weight excluding hydrogens is 383 g/mol. The summed E-state index contributed by atoms with van der Waals surface area (Å²) in [4.78, 5) is 27.3. The Morgan fingerprint density at radius 3 is 1.20 bits per heavy atom. The molecule has 0 atom stereocenters. The van der Waals surface area contributed by atoms with E-state index in [2.05, 4.69) is 9.97 Å². The van der Waals surface area contributed by atoms with Crippen molar-refractivity contribution in [3.63, 3.8) is 0 Å². The zero-order valence-corrected chi connectivity index (χ0v) is 13.9. The molecule has 0 fully saturated rings. The van der Waals surface area contributed by atoms with E-state index in [1.165, 1.54) is 36.7 Å². The molecule has 25 heavy (non-hydrogen) atoms. The fourth-order valence-electron chi connectivity index (χ4n) is 1.12. The van der Waals surface area contributed by atoms with Crippen molar-refractivity contribution in [2.45, 2.75) is 0 Å². The van der Waals surface area contributed by atoms with Crippen molar-refractivity contribution in [3.8, 4) is 11.5 Å². The van der Waals surface area contributed by atoms with Gasteiger partial charge in [0.15, 0.2) is 11.4 Å². The topological polar surface area (TPSA) is 252 Å². The molecule has 0 aliphatic heterocycles. The molecule has 2 aromatic rings. The Hall–Kier alpha value is -2.90. The number of carboxylic acid groups (broad SMARTS) is 2. The van der Waals surface area contributed by atoms with Crippen LogP contribution in [-0.2, 0) is 21.0 Å². The van der Waals surface area contributed by atoms with Crippen LogP contribution in [-0.4, -0.2) is 58.8 Å². The second-order valence-electron chi connectivity index (χ2n) is 3.35. The summed E-state index contributed by atoms with van der Waals surface area (Å²) < 4.78 is 8.25. The summed E-state index contributed by atoms with van der Waals surface area (Å²) in [5, 5.41) is 34.4. The van der Waals surface area contributed by atoms with E-state index in [4.69, 9.17) is 24.1 Å². The van der Waals surface area contributed by atoms with Gasteiger partial charge in [-0.1, -0.05) is 0 Å². The van der Waals surface area contributed by atoms with E-state index in [1.54, 1.807) is 0 Å². The molecule has 0 spiro atoms. The van der Waals surface area contributed by atoms with E-state index >= 15 is 0 Å². The van der Waals surface area contributed by atoms with Gasteiger partial charge in [0.05, 0.1) is 0 Å². The van der Waals surface area contributed by atoms with Gasteiger partial charge in [-0.15, -0.1) is 0 Å². The van der Waals surface area contributed by atoms with E-state index in [0.29, 0.717) is 0 Å². The Kier molecular flexibility index (Phi) is 19.2. The molecule has 0 aliphatic rings. The molecule has 0 amide bonds. The van der Waals surface area contributed by atoms with E-state index < -0.39 is 11.9 Å². The minimum absolute atomic E-state index is 0. The summed E-state index contributed by atoms with van der Waals surface area (Å²) >= 11 is 0.750. The second-order valence-corrected chi connectivity index (χ2v) is 3.35. The average Bonchev–Trinajstić information content (AvgIpc) is 2.50. The molecular formula is C12H17N2O10V. The quantitative estimate of drug-likeness (QED) is 0.438. The number of aromatic hydroxyl groups is 2. The maximum atomic E-state index is 10.2. The van der Waals surface area contributed by atoms with E-state index in [9.17, 15) is 9.59 Å². The first-order valence-electron chi connectivity index (χ1n) is 5.38. The number of aromatic nitrogens is 2. The molecule has 0 unspecified atom stereocenters. The zero-order valence-electron chi connectivity index (χ0n) is 12.4. The molecule has 2 rings (SSSR count). The molecule has 0 saturated carbocycles. The van der Waals surface area contributed by atoms with Crippen LogP contribution < -0.4 is 0 Å². The van der Waals surface area contributed by atoms with Crippen LogP contribution in [0.15, 0.2) is 36.7 Å². The van der Waals surface area contributed by atoms with Crippen LogP contribution in [0.1, 0.15) is 21.0 Å². The standard InChI is InChI=1S/2C6H5NO3.3H2O.O.V.H/c2*8-4-2-1-3-7-5(4)6(9)10;;;;;;/h2*1-3,8H,(H,9,10);3*1H2;;;. The Morgan fingerprint density at radius 1 is 0.760 bits per heavy atom. The van der Waals surface area contributed by atoms with Gasteiger partial charge >= 0.3 is 33.0 Å². The van der Waals surface area contributed by atoms with Crippen LogP contribution in [0.3, 0.4) is 0 Å². The number of carboxylic acids is 2. The first-order chi connectivity index (χ1) is 10.4.